The van der Waals surface area contributed by atoms with Crippen molar-refractivity contribution < 1.29 is 9.05 Å². The second-order valence-electron chi connectivity index (χ2n) is 6.73. The van der Waals surface area contributed by atoms with E-state index in [1.54, 1.807) is 0 Å². The molecular formula is C26H19O2P. The highest BCUT2D eigenvalue weighted by molar-refractivity contribution is 7.58. The topological polar surface area (TPSA) is 18.5 Å². The van der Waals surface area contributed by atoms with Gasteiger partial charge in [-0.3, -0.25) is 0 Å². The fraction of sp³-hybridized carbons (Fsp3) is 0. The molecule has 0 aromatic heterocycles. The van der Waals surface area contributed by atoms with E-state index in [2.05, 4.69) is 54.6 Å². The normalized spacial score (nSPS) is 11.1. The van der Waals surface area contributed by atoms with Crippen LogP contribution in [0, 0.1) is 0 Å². The van der Waals surface area contributed by atoms with Crippen LogP contribution in [0.25, 0.3) is 21.5 Å². The molecule has 0 aliphatic heterocycles. The standard InChI is InChI=1S/C26H19O2P/c1-3-13-22(14-4-1)27-29(28-23-15-5-2-6-16-23)26-24-17-9-7-11-20(24)19-21-12-8-10-18-25(21)26/h1-19H. The lowest BCUT2D eigenvalue weighted by molar-refractivity contribution is 0.502. The molecule has 0 amide bonds. The third-order valence-corrected chi connectivity index (χ3v) is 6.39. The Balaban J connectivity index is 1.72. The summed E-state index contributed by atoms with van der Waals surface area (Å²) in [5.74, 6) is 1.60. The van der Waals surface area contributed by atoms with Crippen molar-refractivity contribution in [1.82, 2.24) is 0 Å². The van der Waals surface area contributed by atoms with E-state index in [0.29, 0.717) is 0 Å². The Morgan fingerprint density at radius 2 is 0.862 bits per heavy atom. The minimum absolute atomic E-state index is 0.798. The van der Waals surface area contributed by atoms with Gasteiger partial charge in [0.1, 0.15) is 11.5 Å². The molecule has 0 radical (unpaired) electrons. The van der Waals surface area contributed by atoms with Gasteiger partial charge in [0.15, 0.2) is 0 Å². The SMILES string of the molecule is c1ccc(OP(Oc2ccccc2)c2c3ccccc3cc3ccccc23)cc1. The van der Waals surface area contributed by atoms with E-state index in [-0.39, 0.29) is 0 Å². The zero-order valence-electron chi connectivity index (χ0n) is 15.7. The van der Waals surface area contributed by atoms with Crippen LogP contribution in [0.5, 0.6) is 11.5 Å². The monoisotopic (exact) mass is 394 g/mol. The van der Waals surface area contributed by atoms with E-state index in [1.165, 1.54) is 10.8 Å². The van der Waals surface area contributed by atoms with Gasteiger partial charge in [-0.25, -0.2) is 0 Å². The molecule has 0 aliphatic carbocycles. The van der Waals surface area contributed by atoms with Gasteiger partial charge in [0.25, 0.3) is 0 Å². The summed E-state index contributed by atoms with van der Waals surface area (Å²) in [6.07, 6.45) is 0. The highest BCUT2D eigenvalue weighted by atomic mass is 31.2. The third-order valence-electron chi connectivity index (χ3n) is 4.79. The van der Waals surface area contributed by atoms with Crippen LogP contribution >= 0.6 is 8.38 Å². The summed E-state index contributed by atoms with van der Waals surface area (Å²) in [6.45, 7) is 0. The molecule has 0 atom stereocenters. The van der Waals surface area contributed by atoms with Gasteiger partial charge in [-0.05, 0) is 51.9 Å². The molecule has 3 heteroatoms. The predicted octanol–water partition coefficient (Wildman–Crippen LogP) is 7.09. The van der Waals surface area contributed by atoms with Gasteiger partial charge < -0.3 is 9.05 Å². The molecule has 0 N–H and O–H groups in total. The van der Waals surface area contributed by atoms with Crippen molar-refractivity contribution in [2.24, 2.45) is 0 Å². The molecule has 0 aliphatic rings. The van der Waals surface area contributed by atoms with Crippen molar-refractivity contribution in [3.05, 3.63) is 115 Å². The molecule has 0 spiro atoms. The second-order valence-corrected chi connectivity index (χ2v) is 8.06. The molecule has 5 aromatic rings. The molecule has 0 fully saturated rings. The van der Waals surface area contributed by atoms with E-state index < -0.39 is 8.38 Å². The highest BCUT2D eigenvalue weighted by Gasteiger charge is 2.24. The van der Waals surface area contributed by atoms with Gasteiger partial charge in [0.2, 0.25) is 0 Å². The maximum atomic E-state index is 6.46. The molecule has 0 bridgehead atoms. The number of hydrogen-bond acceptors (Lipinski definition) is 2. The van der Waals surface area contributed by atoms with Crippen LogP contribution in [-0.4, -0.2) is 0 Å². The maximum absolute atomic E-state index is 6.46. The van der Waals surface area contributed by atoms with E-state index in [1.807, 2.05) is 60.7 Å². The van der Waals surface area contributed by atoms with E-state index in [4.69, 9.17) is 9.05 Å². The zero-order chi connectivity index (χ0) is 19.5. The van der Waals surface area contributed by atoms with Crippen LogP contribution in [0.4, 0.5) is 0 Å². The van der Waals surface area contributed by atoms with Crippen molar-refractivity contribution >= 4 is 35.2 Å². The summed E-state index contributed by atoms with van der Waals surface area (Å²) < 4.78 is 12.9. The summed E-state index contributed by atoms with van der Waals surface area (Å²) in [5, 5.41) is 5.78. The third kappa shape index (κ3) is 3.68. The smallest absolute Gasteiger partial charge is 0.327 e. The summed E-state index contributed by atoms with van der Waals surface area (Å²) in [5.41, 5.74) is 0. The average molecular weight is 394 g/mol. The first kappa shape index (κ1) is 17.7. The summed E-state index contributed by atoms with van der Waals surface area (Å²) >= 11 is 0. The predicted molar refractivity (Wildman–Crippen MR) is 122 cm³/mol. The van der Waals surface area contributed by atoms with Gasteiger partial charge in [-0.1, -0.05) is 84.9 Å². The second kappa shape index (κ2) is 7.95. The van der Waals surface area contributed by atoms with Gasteiger partial charge in [-0.2, -0.15) is 0 Å². The fourth-order valence-corrected chi connectivity index (χ4v) is 5.10. The molecular weight excluding hydrogens is 375 g/mol. The molecule has 29 heavy (non-hydrogen) atoms. The Labute approximate surface area is 171 Å². The molecule has 0 saturated carbocycles. The molecule has 140 valence electrons. The zero-order valence-corrected chi connectivity index (χ0v) is 16.6. The number of hydrogen-bond donors (Lipinski definition) is 0. The minimum atomic E-state index is -1.41. The number of benzene rings is 5. The molecule has 2 nitrogen and oxygen atoms in total. The average Bonchev–Trinajstić information content (AvgIpc) is 2.78. The first-order chi connectivity index (χ1) is 14.4. The Hall–Kier alpha value is -3.35. The lowest BCUT2D eigenvalue weighted by atomic mass is 10.0. The summed E-state index contributed by atoms with van der Waals surface area (Å²) in [4.78, 5) is 0. The van der Waals surface area contributed by atoms with E-state index in [9.17, 15) is 0 Å². The first-order valence-electron chi connectivity index (χ1n) is 9.55. The van der Waals surface area contributed by atoms with Crippen LogP contribution < -0.4 is 14.4 Å². The lowest BCUT2D eigenvalue weighted by Gasteiger charge is -2.22. The van der Waals surface area contributed by atoms with Crippen molar-refractivity contribution in [1.29, 1.82) is 0 Å². The van der Waals surface area contributed by atoms with Crippen LogP contribution in [0.1, 0.15) is 0 Å². The summed E-state index contributed by atoms with van der Waals surface area (Å²) in [7, 11) is -1.41. The molecule has 5 aromatic carbocycles. The Morgan fingerprint density at radius 3 is 1.34 bits per heavy atom. The maximum Gasteiger partial charge on any atom is 0.327 e. The van der Waals surface area contributed by atoms with Gasteiger partial charge >= 0.3 is 8.38 Å². The van der Waals surface area contributed by atoms with Crippen molar-refractivity contribution in [3.63, 3.8) is 0 Å². The van der Waals surface area contributed by atoms with Crippen LogP contribution in [0.2, 0.25) is 0 Å². The Bertz CT molecular complexity index is 1160. The van der Waals surface area contributed by atoms with Crippen molar-refractivity contribution in [2.75, 3.05) is 0 Å². The van der Waals surface area contributed by atoms with Crippen molar-refractivity contribution in [3.8, 4) is 11.5 Å². The fourth-order valence-electron chi connectivity index (χ4n) is 3.45. The van der Waals surface area contributed by atoms with Gasteiger partial charge in [-0.15, -0.1) is 0 Å². The van der Waals surface area contributed by atoms with Gasteiger partial charge in [0.05, 0.1) is 5.30 Å². The molecule has 0 heterocycles. The van der Waals surface area contributed by atoms with E-state index in [0.717, 1.165) is 27.6 Å². The largest absolute Gasteiger partial charge is 0.435 e. The summed E-state index contributed by atoms with van der Waals surface area (Å²) in [6, 6.07) is 38.8. The van der Waals surface area contributed by atoms with Gasteiger partial charge in [0, 0.05) is 0 Å². The van der Waals surface area contributed by atoms with Crippen LogP contribution in [-0.2, 0) is 0 Å². The number of rotatable bonds is 5. The number of para-hydroxylation sites is 2. The highest BCUT2D eigenvalue weighted by Crippen LogP contribution is 2.43. The number of fused-ring (bicyclic) bond motifs is 2. The van der Waals surface area contributed by atoms with Crippen LogP contribution in [0.3, 0.4) is 0 Å². The molecule has 0 saturated heterocycles. The minimum Gasteiger partial charge on any atom is -0.435 e. The Morgan fingerprint density at radius 1 is 0.448 bits per heavy atom. The quantitative estimate of drug-likeness (QED) is 0.234. The van der Waals surface area contributed by atoms with Crippen LogP contribution in [0.15, 0.2) is 115 Å². The van der Waals surface area contributed by atoms with Crippen molar-refractivity contribution in [2.45, 2.75) is 0 Å². The molecule has 5 rings (SSSR count). The first-order valence-corrected chi connectivity index (χ1v) is 10.7. The Kier molecular flexibility index (Phi) is 4.86. The lowest BCUT2D eigenvalue weighted by Crippen LogP contribution is -2.13. The molecule has 0 unspecified atom stereocenters. The van der Waals surface area contributed by atoms with E-state index >= 15 is 0 Å².